The van der Waals surface area contributed by atoms with Crippen molar-refractivity contribution < 1.29 is 4.79 Å². The van der Waals surface area contributed by atoms with E-state index in [9.17, 15) is 4.79 Å². The summed E-state index contributed by atoms with van der Waals surface area (Å²) in [5.41, 5.74) is 3.02. The number of amides is 1. The molecule has 2 rings (SSSR count). The molecule has 0 bridgehead atoms. The van der Waals surface area contributed by atoms with Crippen LogP contribution in [0.4, 0.5) is 0 Å². The van der Waals surface area contributed by atoms with Gasteiger partial charge >= 0.3 is 0 Å². The van der Waals surface area contributed by atoms with Gasteiger partial charge in [-0.25, -0.2) is 4.68 Å². The van der Waals surface area contributed by atoms with Crippen LogP contribution < -0.4 is 5.32 Å². The molecule has 0 saturated carbocycles. The van der Waals surface area contributed by atoms with Gasteiger partial charge in [-0.05, 0) is 38.0 Å². The molecule has 1 heterocycles. The molecule has 0 spiro atoms. The molecule has 21 heavy (non-hydrogen) atoms. The van der Waals surface area contributed by atoms with Crippen LogP contribution in [0.25, 0.3) is 5.69 Å². The summed E-state index contributed by atoms with van der Waals surface area (Å²) >= 11 is 6.02. The largest absolute Gasteiger partial charge is 0.352 e. The number of carbonyl (C=O) groups is 1. The molecule has 4 nitrogen and oxygen atoms in total. The van der Waals surface area contributed by atoms with Crippen LogP contribution in [-0.2, 0) is 0 Å². The van der Waals surface area contributed by atoms with Crippen molar-refractivity contribution in [2.24, 2.45) is 5.92 Å². The normalized spacial score (nSPS) is 11.0. The summed E-state index contributed by atoms with van der Waals surface area (Å²) in [4.78, 5) is 12.3. The quantitative estimate of drug-likeness (QED) is 0.939. The highest BCUT2D eigenvalue weighted by molar-refractivity contribution is 6.30. The van der Waals surface area contributed by atoms with Crippen LogP contribution in [0, 0.1) is 19.8 Å². The number of nitrogens with one attached hydrogen (secondary N) is 1. The van der Waals surface area contributed by atoms with Gasteiger partial charge in [0.25, 0.3) is 5.91 Å². The van der Waals surface area contributed by atoms with Crippen molar-refractivity contribution in [3.05, 3.63) is 46.2 Å². The summed E-state index contributed by atoms with van der Waals surface area (Å²) < 4.78 is 1.76. The minimum atomic E-state index is -0.0769. The fourth-order valence-electron chi connectivity index (χ4n) is 2.22. The molecule has 0 atom stereocenters. The van der Waals surface area contributed by atoms with Gasteiger partial charge in [-0.3, -0.25) is 4.79 Å². The van der Waals surface area contributed by atoms with Gasteiger partial charge in [0.05, 0.1) is 22.6 Å². The lowest BCUT2D eigenvalue weighted by molar-refractivity contribution is 0.0948. The molecule has 0 radical (unpaired) electrons. The molecule has 1 N–H and O–H groups in total. The van der Waals surface area contributed by atoms with E-state index < -0.39 is 0 Å². The van der Waals surface area contributed by atoms with Crippen LogP contribution >= 0.6 is 11.6 Å². The Labute approximate surface area is 130 Å². The molecule has 1 aromatic carbocycles. The molecule has 0 aliphatic rings. The van der Waals surface area contributed by atoms with Crippen LogP contribution in [-0.4, -0.2) is 22.2 Å². The molecule has 2 aromatic rings. The number of nitrogens with zero attached hydrogens (tertiary/aromatic N) is 2. The van der Waals surface area contributed by atoms with Crippen molar-refractivity contribution in [1.82, 2.24) is 15.1 Å². The molecule has 0 aliphatic heterocycles. The van der Waals surface area contributed by atoms with Crippen LogP contribution in [0.1, 0.15) is 35.6 Å². The summed E-state index contributed by atoms with van der Waals surface area (Å²) in [5, 5.41) is 8.05. The zero-order valence-corrected chi connectivity index (χ0v) is 13.5. The average molecular weight is 306 g/mol. The number of rotatable bonds is 4. The predicted molar refractivity (Wildman–Crippen MR) is 85.2 cm³/mol. The Morgan fingerprint density at radius 1 is 1.38 bits per heavy atom. The lowest BCUT2D eigenvalue weighted by Crippen LogP contribution is -2.28. The Morgan fingerprint density at radius 2 is 2.10 bits per heavy atom. The zero-order valence-electron chi connectivity index (χ0n) is 12.8. The highest BCUT2D eigenvalue weighted by Crippen LogP contribution is 2.20. The minimum absolute atomic E-state index is 0.0769. The fraction of sp³-hybridized carbons (Fsp3) is 0.375. The van der Waals surface area contributed by atoms with Gasteiger partial charge in [-0.2, -0.15) is 5.10 Å². The number of aryl methyl sites for hydroxylation is 1. The highest BCUT2D eigenvalue weighted by atomic mass is 35.5. The van der Waals surface area contributed by atoms with Crippen molar-refractivity contribution in [2.45, 2.75) is 27.7 Å². The van der Waals surface area contributed by atoms with Crippen molar-refractivity contribution in [3.8, 4) is 5.69 Å². The lowest BCUT2D eigenvalue weighted by atomic mass is 10.1. The second kappa shape index (κ2) is 6.31. The van der Waals surface area contributed by atoms with Crippen molar-refractivity contribution in [2.75, 3.05) is 6.54 Å². The van der Waals surface area contributed by atoms with E-state index in [-0.39, 0.29) is 5.91 Å². The van der Waals surface area contributed by atoms with Crippen molar-refractivity contribution in [1.29, 1.82) is 0 Å². The molecule has 112 valence electrons. The van der Waals surface area contributed by atoms with E-state index in [1.165, 1.54) is 0 Å². The highest BCUT2D eigenvalue weighted by Gasteiger charge is 2.19. The second-order valence-electron chi connectivity index (χ2n) is 5.54. The maximum atomic E-state index is 12.3. The zero-order chi connectivity index (χ0) is 15.6. The van der Waals surface area contributed by atoms with Crippen LogP contribution in [0.2, 0.25) is 5.02 Å². The van der Waals surface area contributed by atoms with Gasteiger partial charge in [-0.1, -0.05) is 31.5 Å². The van der Waals surface area contributed by atoms with Crippen molar-refractivity contribution >= 4 is 17.5 Å². The van der Waals surface area contributed by atoms with E-state index in [2.05, 4.69) is 24.3 Å². The number of carbonyl (C=O) groups excluding carboxylic acids is 1. The Hall–Kier alpha value is -1.81. The molecule has 1 amide bonds. The van der Waals surface area contributed by atoms with Crippen molar-refractivity contribution in [3.63, 3.8) is 0 Å². The number of hydrogen-bond acceptors (Lipinski definition) is 2. The van der Waals surface area contributed by atoms with Gasteiger partial charge in [0.1, 0.15) is 0 Å². The molecular weight excluding hydrogens is 286 g/mol. The minimum Gasteiger partial charge on any atom is -0.352 e. The molecule has 5 heteroatoms. The van der Waals surface area contributed by atoms with Gasteiger partial charge in [0.15, 0.2) is 0 Å². The SMILES string of the molecule is Cc1nn(-c2cccc(Cl)c2)c(C)c1C(=O)NCC(C)C. The van der Waals surface area contributed by atoms with Gasteiger partial charge in [-0.15, -0.1) is 0 Å². The molecule has 0 saturated heterocycles. The number of aromatic nitrogens is 2. The molecule has 1 aromatic heterocycles. The topological polar surface area (TPSA) is 46.9 Å². The third-order valence-corrected chi connectivity index (χ3v) is 3.48. The van der Waals surface area contributed by atoms with E-state index in [1.54, 1.807) is 4.68 Å². The summed E-state index contributed by atoms with van der Waals surface area (Å²) in [6.45, 7) is 8.52. The van der Waals surface area contributed by atoms with E-state index in [0.29, 0.717) is 28.7 Å². The molecule has 0 aliphatic carbocycles. The Morgan fingerprint density at radius 3 is 2.71 bits per heavy atom. The first-order valence-corrected chi connectivity index (χ1v) is 7.38. The first kappa shape index (κ1) is 15.6. The summed E-state index contributed by atoms with van der Waals surface area (Å²) in [7, 11) is 0. The van der Waals surface area contributed by atoms with E-state index >= 15 is 0 Å². The number of hydrogen-bond donors (Lipinski definition) is 1. The first-order valence-electron chi connectivity index (χ1n) is 7.00. The Balaban J connectivity index is 2.36. The van der Waals surface area contributed by atoms with Gasteiger partial charge in [0, 0.05) is 11.6 Å². The van der Waals surface area contributed by atoms with Gasteiger partial charge in [0.2, 0.25) is 0 Å². The van der Waals surface area contributed by atoms with E-state index in [1.807, 2.05) is 38.1 Å². The standard InChI is InChI=1S/C16H20ClN3O/c1-10(2)9-18-16(21)15-11(3)19-20(12(15)4)14-7-5-6-13(17)8-14/h5-8,10H,9H2,1-4H3,(H,18,21). The summed E-state index contributed by atoms with van der Waals surface area (Å²) in [6, 6.07) is 7.43. The smallest absolute Gasteiger partial charge is 0.255 e. The van der Waals surface area contributed by atoms with Crippen LogP contribution in [0.3, 0.4) is 0 Å². The number of halogens is 1. The lowest BCUT2D eigenvalue weighted by Gasteiger charge is -2.08. The fourth-order valence-corrected chi connectivity index (χ4v) is 2.40. The van der Waals surface area contributed by atoms with E-state index in [4.69, 9.17) is 11.6 Å². The predicted octanol–water partition coefficient (Wildman–Crippen LogP) is 3.53. The Bertz CT molecular complexity index is 662. The van der Waals surface area contributed by atoms with Gasteiger partial charge < -0.3 is 5.32 Å². The van der Waals surface area contributed by atoms with Crippen LogP contribution in [0.15, 0.2) is 24.3 Å². The average Bonchev–Trinajstić information content (AvgIpc) is 2.71. The summed E-state index contributed by atoms with van der Waals surface area (Å²) in [5.74, 6) is 0.338. The Kier molecular flexibility index (Phi) is 4.68. The summed E-state index contributed by atoms with van der Waals surface area (Å²) in [6.07, 6.45) is 0. The third kappa shape index (κ3) is 3.45. The molecule has 0 unspecified atom stereocenters. The monoisotopic (exact) mass is 305 g/mol. The number of benzene rings is 1. The maximum Gasteiger partial charge on any atom is 0.255 e. The molecular formula is C16H20ClN3O. The maximum absolute atomic E-state index is 12.3. The van der Waals surface area contributed by atoms with E-state index in [0.717, 1.165) is 11.4 Å². The second-order valence-corrected chi connectivity index (χ2v) is 5.98. The van der Waals surface area contributed by atoms with Crippen LogP contribution in [0.5, 0.6) is 0 Å². The third-order valence-electron chi connectivity index (χ3n) is 3.24. The first-order chi connectivity index (χ1) is 9.90. The molecule has 0 fully saturated rings.